The van der Waals surface area contributed by atoms with E-state index in [1.165, 1.54) is 0 Å². The van der Waals surface area contributed by atoms with E-state index in [0.717, 1.165) is 30.0 Å². The molecule has 31 heavy (non-hydrogen) atoms. The quantitative estimate of drug-likeness (QED) is 0.702. The molecule has 1 saturated carbocycles. The number of pyridine rings is 1. The van der Waals surface area contributed by atoms with Crippen LogP contribution in [0.1, 0.15) is 56.9 Å². The van der Waals surface area contributed by atoms with Gasteiger partial charge in [0.1, 0.15) is 5.69 Å². The SMILES string of the molecule is CNC(=O)c1cc(C(=O)CC2[C@H]3COC[C@@H]23)cc([C@H](C)c2cccc3c2CC(=O)N3)n1. The molecule has 1 aliphatic carbocycles. The zero-order valence-electron chi connectivity index (χ0n) is 17.6. The molecule has 0 radical (unpaired) electrons. The van der Waals surface area contributed by atoms with Gasteiger partial charge in [0.15, 0.2) is 5.78 Å². The Morgan fingerprint density at radius 1 is 1.26 bits per heavy atom. The first-order chi connectivity index (χ1) is 15.0. The summed E-state index contributed by atoms with van der Waals surface area (Å²) in [5.41, 5.74) is 4.14. The number of Topliss-reactive ketones (excluding diaryl/α,β-unsaturated/α-hetero) is 1. The van der Waals surface area contributed by atoms with Crippen LogP contribution in [0, 0.1) is 17.8 Å². The Balaban J connectivity index is 1.47. The maximum atomic E-state index is 13.1. The van der Waals surface area contributed by atoms with Gasteiger partial charge in [-0.1, -0.05) is 19.1 Å². The number of carbonyl (C=O) groups excluding carboxylic acids is 3. The Labute approximate surface area is 180 Å². The van der Waals surface area contributed by atoms with Gasteiger partial charge in [0, 0.05) is 36.3 Å². The zero-order chi connectivity index (χ0) is 21.7. The molecule has 7 heteroatoms. The second-order valence-corrected chi connectivity index (χ2v) is 8.72. The minimum atomic E-state index is -0.324. The van der Waals surface area contributed by atoms with Crippen molar-refractivity contribution in [2.75, 3.05) is 25.6 Å². The van der Waals surface area contributed by atoms with Crippen molar-refractivity contribution in [3.8, 4) is 0 Å². The molecule has 1 saturated heterocycles. The number of benzene rings is 1. The number of nitrogens with zero attached hydrogens (tertiary/aromatic N) is 1. The number of aromatic nitrogens is 1. The first-order valence-corrected chi connectivity index (χ1v) is 10.7. The Bertz CT molecular complexity index is 1090. The largest absolute Gasteiger partial charge is 0.381 e. The maximum Gasteiger partial charge on any atom is 0.269 e. The Morgan fingerprint density at radius 3 is 2.77 bits per heavy atom. The first kappa shape index (κ1) is 19.9. The predicted octanol–water partition coefficient (Wildman–Crippen LogP) is 2.55. The normalized spacial score (nSPS) is 24.2. The molecule has 1 aromatic heterocycles. The van der Waals surface area contributed by atoms with Crippen molar-refractivity contribution in [2.45, 2.75) is 25.7 Å². The first-order valence-electron chi connectivity index (χ1n) is 10.7. The third kappa shape index (κ3) is 3.53. The summed E-state index contributed by atoms with van der Waals surface area (Å²) in [6, 6.07) is 9.16. The lowest BCUT2D eigenvalue weighted by Crippen LogP contribution is -2.21. The Kier molecular flexibility index (Phi) is 4.85. The van der Waals surface area contributed by atoms with Gasteiger partial charge in [-0.3, -0.25) is 14.4 Å². The van der Waals surface area contributed by atoms with Crippen LogP contribution < -0.4 is 10.6 Å². The van der Waals surface area contributed by atoms with Gasteiger partial charge in [0.25, 0.3) is 5.91 Å². The van der Waals surface area contributed by atoms with E-state index in [1.54, 1.807) is 19.2 Å². The summed E-state index contributed by atoms with van der Waals surface area (Å²) in [5.74, 6) is 0.891. The van der Waals surface area contributed by atoms with E-state index < -0.39 is 0 Å². The van der Waals surface area contributed by atoms with Crippen molar-refractivity contribution < 1.29 is 19.1 Å². The number of hydrogen-bond donors (Lipinski definition) is 2. The van der Waals surface area contributed by atoms with Gasteiger partial charge >= 0.3 is 0 Å². The monoisotopic (exact) mass is 419 g/mol. The molecule has 2 fully saturated rings. The Hall–Kier alpha value is -3.06. The van der Waals surface area contributed by atoms with Gasteiger partial charge in [0.2, 0.25) is 5.91 Å². The molecule has 2 amide bonds. The average Bonchev–Trinajstić information content (AvgIpc) is 3.12. The van der Waals surface area contributed by atoms with E-state index in [2.05, 4.69) is 15.6 Å². The molecule has 4 atom stereocenters. The summed E-state index contributed by atoms with van der Waals surface area (Å²) in [5, 5.41) is 5.47. The highest BCUT2D eigenvalue weighted by Crippen LogP contribution is 2.53. The van der Waals surface area contributed by atoms with E-state index in [-0.39, 0.29) is 29.2 Å². The molecule has 3 aliphatic rings. The van der Waals surface area contributed by atoms with E-state index in [0.29, 0.717) is 41.9 Å². The van der Waals surface area contributed by atoms with Crippen LogP contribution in [0.25, 0.3) is 0 Å². The van der Waals surface area contributed by atoms with Crippen LogP contribution in [0.15, 0.2) is 30.3 Å². The van der Waals surface area contributed by atoms with Crippen molar-refractivity contribution in [3.05, 3.63) is 58.4 Å². The van der Waals surface area contributed by atoms with E-state index >= 15 is 0 Å². The molecular formula is C24H25N3O4. The summed E-state index contributed by atoms with van der Waals surface area (Å²) < 4.78 is 5.43. The number of nitrogens with one attached hydrogen (secondary N) is 2. The number of amides is 2. The third-order valence-electron chi connectivity index (χ3n) is 6.91. The van der Waals surface area contributed by atoms with Gasteiger partial charge in [-0.2, -0.15) is 0 Å². The molecule has 2 aromatic rings. The third-order valence-corrected chi connectivity index (χ3v) is 6.91. The van der Waals surface area contributed by atoms with Crippen LogP contribution in [0.4, 0.5) is 5.69 Å². The number of ketones is 1. The number of carbonyl (C=O) groups is 3. The van der Waals surface area contributed by atoms with Crippen molar-refractivity contribution in [2.24, 2.45) is 17.8 Å². The average molecular weight is 419 g/mol. The lowest BCUT2D eigenvalue weighted by molar-refractivity contribution is -0.115. The van der Waals surface area contributed by atoms with Crippen LogP contribution in [-0.4, -0.2) is 42.8 Å². The molecule has 7 nitrogen and oxygen atoms in total. The second-order valence-electron chi connectivity index (χ2n) is 8.72. The van der Waals surface area contributed by atoms with Crippen molar-refractivity contribution in [1.29, 1.82) is 0 Å². The number of ether oxygens (including phenoxy) is 1. The Morgan fingerprint density at radius 2 is 2.03 bits per heavy atom. The van der Waals surface area contributed by atoms with E-state index in [9.17, 15) is 14.4 Å². The van der Waals surface area contributed by atoms with Gasteiger partial charge in [0.05, 0.1) is 19.6 Å². The minimum Gasteiger partial charge on any atom is -0.381 e. The lowest BCUT2D eigenvalue weighted by Gasteiger charge is -2.17. The molecule has 1 unspecified atom stereocenters. The van der Waals surface area contributed by atoms with Crippen molar-refractivity contribution in [1.82, 2.24) is 10.3 Å². The second kappa shape index (κ2) is 7.57. The smallest absolute Gasteiger partial charge is 0.269 e. The van der Waals surface area contributed by atoms with Crippen LogP contribution in [0.3, 0.4) is 0 Å². The fourth-order valence-electron chi connectivity index (χ4n) is 5.01. The van der Waals surface area contributed by atoms with Gasteiger partial charge in [-0.25, -0.2) is 4.98 Å². The molecule has 5 rings (SSSR count). The van der Waals surface area contributed by atoms with Crippen molar-refractivity contribution >= 4 is 23.3 Å². The molecule has 1 aromatic carbocycles. The van der Waals surface area contributed by atoms with Crippen LogP contribution in [0.2, 0.25) is 0 Å². The maximum absolute atomic E-state index is 13.1. The minimum absolute atomic E-state index is 0.0310. The van der Waals surface area contributed by atoms with Crippen LogP contribution in [0.5, 0.6) is 0 Å². The fraction of sp³-hybridized carbons (Fsp3) is 0.417. The summed E-state index contributed by atoms with van der Waals surface area (Å²) >= 11 is 0. The standard InChI is InChI=1S/C24H25N3O4/c1-12(14-4-3-5-19-16(14)9-23(29)27-19)20-6-13(7-21(26-20)24(30)25-2)22(28)8-15-17-10-31-11-18(15)17/h3-7,12,15,17-18H,8-11H2,1-2H3,(H,25,30)(H,27,29)/t12-,15?,17-,18+/m1/s1. The van der Waals surface area contributed by atoms with Crippen molar-refractivity contribution in [3.63, 3.8) is 0 Å². The van der Waals surface area contributed by atoms with E-state index in [1.807, 2.05) is 25.1 Å². The highest BCUT2D eigenvalue weighted by atomic mass is 16.5. The van der Waals surface area contributed by atoms with Crippen LogP contribution in [-0.2, 0) is 16.0 Å². The summed E-state index contributed by atoms with van der Waals surface area (Å²) in [6.07, 6.45) is 0.798. The van der Waals surface area contributed by atoms with Crippen LogP contribution >= 0.6 is 0 Å². The molecular weight excluding hydrogens is 394 g/mol. The molecule has 160 valence electrons. The molecule has 2 aliphatic heterocycles. The summed E-state index contributed by atoms with van der Waals surface area (Å²) in [6.45, 7) is 3.48. The summed E-state index contributed by atoms with van der Waals surface area (Å²) in [4.78, 5) is 41.9. The van der Waals surface area contributed by atoms with Gasteiger partial charge in [-0.05, 0) is 47.1 Å². The van der Waals surface area contributed by atoms with Gasteiger partial charge < -0.3 is 15.4 Å². The predicted molar refractivity (Wildman–Crippen MR) is 114 cm³/mol. The topological polar surface area (TPSA) is 97.4 Å². The zero-order valence-corrected chi connectivity index (χ0v) is 17.6. The number of rotatable bonds is 6. The lowest BCUT2D eigenvalue weighted by atomic mass is 9.90. The molecule has 0 bridgehead atoms. The highest BCUT2D eigenvalue weighted by Gasteiger charge is 2.54. The molecule has 3 heterocycles. The number of hydrogen-bond acceptors (Lipinski definition) is 5. The summed E-state index contributed by atoms with van der Waals surface area (Å²) in [7, 11) is 1.55. The van der Waals surface area contributed by atoms with Gasteiger partial charge in [-0.15, -0.1) is 0 Å². The number of anilines is 1. The molecule has 0 spiro atoms. The highest BCUT2D eigenvalue weighted by molar-refractivity contribution is 6.01. The molecule has 2 N–H and O–H groups in total. The fourth-order valence-corrected chi connectivity index (χ4v) is 5.01. The van der Waals surface area contributed by atoms with E-state index in [4.69, 9.17) is 4.74 Å². The number of fused-ring (bicyclic) bond motifs is 2.